The molecule has 0 aliphatic rings. The molecule has 0 saturated carbocycles. The number of amides is 2. The second-order valence-corrected chi connectivity index (χ2v) is 12.1. The summed E-state index contributed by atoms with van der Waals surface area (Å²) in [4.78, 5) is 30.5. The fourth-order valence-corrected chi connectivity index (χ4v) is 5.44. The molecule has 6 nitrogen and oxygen atoms in total. The zero-order valence-electron chi connectivity index (χ0n) is 27.8. The Hall–Kier alpha value is -2.70. The van der Waals surface area contributed by atoms with Crippen molar-refractivity contribution in [1.82, 2.24) is 9.80 Å². The fourth-order valence-electron chi connectivity index (χ4n) is 5.44. The minimum Gasteiger partial charge on any atom is -0.325 e. The van der Waals surface area contributed by atoms with E-state index in [1.54, 1.807) is 0 Å². The number of carbonyl (C=O) groups excluding carboxylic acids is 2. The van der Waals surface area contributed by atoms with Crippen molar-refractivity contribution in [2.45, 2.75) is 111 Å². The Morgan fingerprint density at radius 3 is 1.21 bits per heavy atom. The smallest absolute Gasteiger partial charge is 0.238 e. The molecule has 0 saturated heterocycles. The molecule has 0 radical (unpaired) electrons. The van der Waals surface area contributed by atoms with Gasteiger partial charge in [0.2, 0.25) is 11.8 Å². The van der Waals surface area contributed by atoms with Gasteiger partial charge in [-0.2, -0.15) is 0 Å². The van der Waals surface area contributed by atoms with Gasteiger partial charge >= 0.3 is 0 Å². The SMILES string of the molecule is CCCCCN(CCCCC)CC(=O)Nc1cccc(Cc2cccc(NC(=O)CN(CCCCC)CCCCC)c2)c1. The van der Waals surface area contributed by atoms with Crippen molar-refractivity contribution in [1.29, 1.82) is 0 Å². The largest absolute Gasteiger partial charge is 0.325 e. The molecule has 0 spiro atoms. The minimum atomic E-state index is 0.0493. The van der Waals surface area contributed by atoms with E-state index in [4.69, 9.17) is 0 Å². The predicted octanol–water partition coefficient (Wildman–Crippen LogP) is 8.52. The van der Waals surface area contributed by atoms with E-state index in [1.807, 2.05) is 24.3 Å². The van der Waals surface area contributed by atoms with Crippen LogP contribution in [-0.4, -0.2) is 60.9 Å². The Morgan fingerprint density at radius 1 is 0.535 bits per heavy atom. The van der Waals surface area contributed by atoms with Crippen LogP contribution in [0.15, 0.2) is 48.5 Å². The van der Waals surface area contributed by atoms with Crippen molar-refractivity contribution in [3.8, 4) is 0 Å². The topological polar surface area (TPSA) is 64.7 Å². The van der Waals surface area contributed by atoms with Gasteiger partial charge in [-0.15, -0.1) is 0 Å². The van der Waals surface area contributed by atoms with Crippen LogP contribution in [0.3, 0.4) is 0 Å². The normalized spacial score (nSPS) is 11.3. The van der Waals surface area contributed by atoms with Crippen molar-refractivity contribution in [2.24, 2.45) is 0 Å². The molecule has 0 unspecified atom stereocenters. The number of unbranched alkanes of at least 4 members (excludes halogenated alkanes) is 8. The highest BCUT2D eigenvalue weighted by Crippen LogP contribution is 2.18. The van der Waals surface area contributed by atoms with Crippen molar-refractivity contribution in [2.75, 3.05) is 49.9 Å². The molecule has 6 heteroatoms. The van der Waals surface area contributed by atoms with Crippen LogP contribution in [0.1, 0.15) is 116 Å². The van der Waals surface area contributed by atoms with Gasteiger partial charge in [0.25, 0.3) is 0 Å². The van der Waals surface area contributed by atoms with Crippen LogP contribution in [0.2, 0.25) is 0 Å². The van der Waals surface area contributed by atoms with Gasteiger partial charge in [-0.3, -0.25) is 19.4 Å². The van der Waals surface area contributed by atoms with Gasteiger partial charge in [-0.25, -0.2) is 0 Å². The van der Waals surface area contributed by atoms with E-state index in [0.29, 0.717) is 13.1 Å². The van der Waals surface area contributed by atoms with E-state index in [0.717, 1.165) is 80.8 Å². The number of nitrogens with one attached hydrogen (secondary N) is 2. The average Bonchev–Trinajstić information content (AvgIpc) is 2.97. The molecule has 2 rings (SSSR count). The minimum absolute atomic E-state index is 0.0493. The molecule has 240 valence electrons. The molecular formula is C37H60N4O2. The van der Waals surface area contributed by atoms with E-state index in [9.17, 15) is 9.59 Å². The first kappa shape index (κ1) is 36.5. The molecule has 0 aliphatic carbocycles. The summed E-state index contributed by atoms with van der Waals surface area (Å²) >= 11 is 0. The van der Waals surface area contributed by atoms with Gasteiger partial charge in [0.05, 0.1) is 13.1 Å². The van der Waals surface area contributed by atoms with Crippen molar-refractivity contribution in [3.63, 3.8) is 0 Å². The molecule has 0 aromatic heterocycles. The van der Waals surface area contributed by atoms with Crippen molar-refractivity contribution >= 4 is 23.2 Å². The van der Waals surface area contributed by atoms with Crippen LogP contribution >= 0.6 is 0 Å². The lowest BCUT2D eigenvalue weighted by Crippen LogP contribution is -2.34. The number of benzene rings is 2. The number of hydrogen-bond acceptors (Lipinski definition) is 4. The molecule has 0 atom stereocenters. The molecule has 2 aromatic carbocycles. The summed E-state index contributed by atoms with van der Waals surface area (Å²) in [5, 5.41) is 6.26. The van der Waals surface area contributed by atoms with Crippen LogP contribution in [0.5, 0.6) is 0 Å². The van der Waals surface area contributed by atoms with Crippen molar-refractivity contribution < 1.29 is 9.59 Å². The Balaban J connectivity index is 1.94. The van der Waals surface area contributed by atoms with E-state index in [1.165, 1.54) is 51.4 Å². The van der Waals surface area contributed by atoms with Crippen LogP contribution < -0.4 is 10.6 Å². The van der Waals surface area contributed by atoms with E-state index in [2.05, 4.69) is 72.4 Å². The molecule has 43 heavy (non-hydrogen) atoms. The lowest BCUT2D eigenvalue weighted by molar-refractivity contribution is -0.118. The maximum atomic E-state index is 12.9. The summed E-state index contributed by atoms with van der Waals surface area (Å²) in [7, 11) is 0. The van der Waals surface area contributed by atoms with E-state index in [-0.39, 0.29) is 11.8 Å². The molecular weight excluding hydrogens is 532 g/mol. The number of hydrogen-bond donors (Lipinski definition) is 2. The zero-order chi connectivity index (χ0) is 31.1. The Kier molecular flexibility index (Phi) is 19.3. The quantitative estimate of drug-likeness (QED) is 0.120. The van der Waals surface area contributed by atoms with Gasteiger partial charge in [0.15, 0.2) is 0 Å². The van der Waals surface area contributed by atoms with E-state index >= 15 is 0 Å². The highest BCUT2D eigenvalue weighted by Gasteiger charge is 2.13. The van der Waals surface area contributed by atoms with Gasteiger partial charge in [-0.1, -0.05) is 103 Å². The van der Waals surface area contributed by atoms with Gasteiger partial charge in [0, 0.05) is 11.4 Å². The summed E-state index contributed by atoms with van der Waals surface area (Å²) in [5.41, 5.74) is 3.92. The second-order valence-electron chi connectivity index (χ2n) is 12.1. The fraction of sp³-hybridized carbons (Fsp3) is 0.622. The maximum absolute atomic E-state index is 12.9. The van der Waals surface area contributed by atoms with Crippen LogP contribution in [0.4, 0.5) is 11.4 Å². The molecule has 2 amide bonds. The monoisotopic (exact) mass is 592 g/mol. The third kappa shape index (κ3) is 16.7. The number of carbonyl (C=O) groups is 2. The summed E-state index contributed by atoms with van der Waals surface area (Å²) in [5.74, 6) is 0.0987. The Bertz CT molecular complexity index is 939. The molecule has 2 aromatic rings. The van der Waals surface area contributed by atoms with E-state index < -0.39 is 0 Å². The summed E-state index contributed by atoms with van der Waals surface area (Å²) in [6, 6.07) is 16.2. The van der Waals surface area contributed by atoms with Crippen LogP contribution in [0.25, 0.3) is 0 Å². The molecule has 0 aliphatic heterocycles. The second kappa shape index (κ2) is 22.8. The standard InChI is InChI=1S/C37H60N4O2/c1-5-9-13-23-40(24-14-10-6-2)30-36(42)38-34-21-17-19-32(28-34)27-33-20-18-22-35(29-33)39-37(43)31-41(25-15-11-7-3)26-16-12-8-4/h17-22,28-29H,5-16,23-27,30-31H2,1-4H3,(H,38,42)(H,39,43). The number of nitrogens with zero attached hydrogens (tertiary/aromatic N) is 2. The summed E-state index contributed by atoms with van der Waals surface area (Å²) < 4.78 is 0. The average molecular weight is 593 g/mol. The molecule has 0 bridgehead atoms. The first-order valence-electron chi connectivity index (χ1n) is 17.2. The predicted molar refractivity (Wildman–Crippen MR) is 184 cm³/mol. The maximum Gasteiger partial charge on any atom is 0.238 e. The summed E-state index contributed by atoms with van der Waals surface area (Å²) in [6.07, 6.45) is 14.9. The Morgan fingerprint density at radius 2 is 0.884 bits per heavy atom. The van der Waals surface area contributed by atoms with Gasteiger partial charge in [-0.05, 0) is 93.7 Å². The highest BCUT2D eigenvalue weighted by atomic mass is 16.2. The number of rotatable bonds is 24. The third-order valence-electron chi connectivity index (χ3n) is 7.88. The lowest BCUT2D eigenvalue weighted by atomic mass is 10.0. The first-order chi connectivity index (χ1) is 21.0. The van der Waals surface area contributed by atoms with Crippen molar-refractivity contribution in [3.05, 3.63) is 59.7 Å². The molecule has 0 fully saturated rings. The zero-order valence-corrected chi connectivity index (χ0v) is 27.8. The Labute approximate surface area is 263 Å². The third-order valence-corrected chi connectivity index (χ3v) is 7.88. The number of anilines is 2. The van der Waals surface area contributed by atoms with Gasteiger partial charge < -0.3 is 10.6 Å². The van der Waals surface area contributed by atoms with Crippen LogP contribution in [-0.2, 0) is 16.0 Å². The van der Waals surface area contributed by atoms with Gasteiger partial charge in [0.1, 0.15) is 0 Å². The molecule has 0 heterocycles. The first-order valence-corrected chi connectivity index (χ1v) is 17.2. The lowest BCUT2D eigenvalue weighted by Gasteiger charge is -2.22. The molecule has 2 N–H and O–H groups in total. The summed E-state index contributed by atoms with van der Waals surface area (Å²) in [6.45, 7) is 13.7. The van der Waals surface area contributed by atoms with Crippen LogP contribution in [0, 0.1) is 0 Å². The highest BCUT2D eigenvalue weighted by molar-refractivity contribution is 5.93.